The van der Waals surface area contributed by atoms with E-state index in [-0.39, 0.29) is 17.0 Å². The highest BCUT2D eigenvalue weighted by Crippen LogP contribution is 2.60. The number of allylic oxidation sites excluding steroid dienone is 6. The molecule has 246 valence electrons. The molecule has 4 nitrogen and oxygen atoms in total. The van der Waals surface area contributed by atoms with Crippen LogP contribution in [0.5, 0.6) is 0 Å². The molecule has 3 heterocycles. The molecule has 3 aromatic carbocycles. The molecule has 0 radical (unpaired) electrons. The number of hydrogen-bond donors (Lipinski definition) is 0. The van der Waals surface area contributed by atoms with Crippen LogP contribution in [-0.2, 0) is 5.41 Å². The summed E-state index contributed by atoms with van der Waals surface area (Å²) in [5.41, 5.74) is 10.7. The summed E-state index contributed by atoms with van der Waals surface area (Å²) < 4.78 is 0. The van der Waals surface area contributed by atoms with E-state index in [0.29, 0.717) is 23.7 Å². The number of benzene rings is 3. The van der Waals surface area contributed by atoms with E-state index in [4.69, 9.17) is 9.97 Å². The zero-order valence-electron chi connectivity index (χ0n) is 29.3. The third-order valence-electron chi connectivity index (χ3n) is 12.6. The normalized spacial score (nSPS) is 30.9. The predicted molar refractivity (Wildman–Crippen MR) is 204 cm³/mol. The van der Waals surface area contributed by atoms with Gasteiger partial charge in [-0.2, -0.15) is 0 Å². The first-order valence-corrected chi connectivity index (χ1v) is 18.3. The molecule has 1 aromatic heterocycles. The summed E-state index contributed by atoms with van der Waals surface area (Å²) in [6, 6.07) is 29.3. The molecule has 49 heavy (non-hydrogen) atoms. The monoisotopic (exact) mass is 642 g/mol. The Morgan fingerprint density at radius 1 is 0.776 bits per heavy atom. The van der Waals surface area contributed by atoms with Gasteiger partial charge in [0.2, 0.25) is 5.95 Å². The lowest BCUT2D eigenvalue weighted by atomic mass is 9.65. The van der Waals surface area contributed by atoms with E-state index >= 15 is 0 Å². The highest BCUT2D eigenvalue weighted by molar-refractivity contribution is 5.83. The Bertz CT molecular complexity index is 2070. The van der Waals surface area contributed by atoms with Crippen LogP contribution in [-0.4, -0.2) is 21.5 Å². The molecule has 1 saturated carbocycles. The fourth-order valence-electron chi connectivity index (χ4n) is 9.62. The standard InChI is InChI=1S/C45H46N4/c1-29-18-20-33(21-19-29)39-27-38(32-13-7-6-8-14-32)46-43(47-39)49-40-23-22-34(26-35(40)37-25-30(2)31(3)28-45(37,49)5)48-41-16-10-9-15-36(41)44(4)24-12-11-17-42(44)48/h6-18,20-24,26-27,29-31,37,42H,19,25,28H2,1-5H3. The third-order valence-corrected chi connectivity index (χ3v) is 12.6. The minimum atomic E-state index is -0.143. The Hall–Kier alpha value is -4.70. The van der Waals surface area contributed by atoms with E-state index in [1.165, 1.54) is 33.8 Å². The van der Waals surface area contributed by atoms with Crippen molar-refractivity contribution in [2.75, 3.05) is 9.80 Å². The van der Waals surface area contributed by atoms with Crippen molar-refractivity contribution in [3.63, 3.8) is 0 Å². The van der Waals surface area contributed by atoms with Crippen LogP contribution in [0.3, 0.4) is 0 Å². The molecule has 2 aliphatic heterocycles. The lowest BCUT2D eigenvalue weighted by molar-refractivity contribution is 0.169. The van der Waals surface area contributed by atoms with Crippen molar-refractivity contribution in [3.8, 4) is 11.3 Å². The molecule has 7 atom stereocenters. The van der Waals surface area contributed by atoms with Gasteiger partial charge in [0.1, 0.15) is 0 Å². The second kappa shape index (κ2) is 11.2. The van der Waals surface area contributed by atoms with Crippen molar-refractivity contribution in [2.24, 2.45) is 17.8 Å². The number of aromatic nitrogens is 2. The van der Waals surface area contributed by atoms with Gasteiger partial charge >= 0.3 is 0 Å². The molecule has 7 unspecified atom stereocenters. The average Bonchev–Trinajstić information content (AvgIpc) is 3.53. The van der Waals surface area contributed by atoms with Crippen LogP contribution in [0, 0.1) is 17.8 Å². The molecular formula is C45H46N4. The van der Waals surface area contributed by atoms with E-state index in [1.807, 2.05) is 0 Å². The van der Waals surface area contributed by atoms with Crippen LogP contribution >= 0.6 is 0 Å². The molecule has 4 aromatic rings. The lowest BCUT2D eigenvalue weighted by Gasteiger charge is -2.47. The maximum Gasteiger partial charge on any atom is 0.231 e. The predicted octanol–water partition coefficient (Wildman–Crippen LogP) is 11.1. The smallest absolute Gasteiger partial charge is 0.231 e. The van der Waals surface area contributed by atoms with Crippen LogP contribution in [0.1, 0.15) is 76.6 Å². The summed E-state index contributed by atoms with van der Waals surface area (Å²) in [5, 5.41) is 0. The summed E-state index contributed by atoms with van der Waals surface area (Å²) in [7, 11) is 0. The molecule has 4 heteroatoms. The molecule has 5 aliphatic rings. The number of para-hydroxylation sites is 1. The number of anilines is 4. The minimum Gasteiger partial charge on any atom is -0.333 e. The Morgan fingerprint density at radius 3 is 2.39 bits per heavy atom. The van der Waals surface area contributed by atoms with Crippen molar-refractivity contribution in [3.05, 3.63) is 138 Å². The summed E-state index contributed by atoms with van der Waals surface area (Å²) in [5.74, 6) is 2.98. The Labute approximate surface area is 291 Å². The van der Waals surface area contributed by atoms with Gasteiger partial charge in [-0.3, -0.25) is 0 Å². The first kappa shape index (κ1) is 30.4. The quantitative estimate of drug-likeness (QED) is 0.222. The van der Waals surface area contributed by atoms with E-state index < -0.39 is 0 Å². The highest BCUT2D eigenvalue weighted by Gasteiger charge is 2.54. The van der Waals surface area contributed by atoms with Crippen molar-refractivity contribution in [2.45, 2.75) is 76.8 Å². The molecule has 3 aliphatic carbocycles. The van der Waals surface area contributed by atoms with Crippen LogP contribution in [0.2, 0.25) is 0 Å². The zero-order valence-corrected chi connectivity index (χ0v) is 29.3. The van der Waals surface area contributed by atoms with Crippen LogP contribution < -0.4 is 9.80 Å². The summed E-state index contributed by atoms with van der Waals surface area (Å²) in [6.07, 6.45) is 19.4. The van der Waals surface area contributed by atoms with Gasteiger partial charge in [0.25, 0.3) is 0 Å². The van der Waals surface area contributed by atoms with Crippen molar-refractivity contribution < 1.29 is 0 Å². The summed E-state index contributed by atoms with van der Waals surface area (Å²) in [6.45, 7) is 12.0. The van der Waals surface area contributed by atoms with E-state index in [1.54, 1.807) is 0 Å². The number of hydrogen-bond acceptors (Lipinski definition) is 4. The average molecular weight is 643 g/mol. The van der Waals surface area contributed by atoms with Gasteiger partial charge in [0.15, 0.2) is 0 Å². The van der Waals surface area contributed by atoms with Gasteiger partial charge in [-0.1, -0.05) is 112 Å². The van der Waals surface area contributed by atoms with Crippen LogP contribution in [0.15, 0.2) is 121 Å². The molecule has 1 fully saturated rings. The van der Waals surface area contributed by atoms with E-state index in [2.05, 4.69) is 166 Å². The fraction of sp³-hybridized carbons (Fsp3) is 0.333. The van der Waals surface area contributed by atoms with Gasteiger partial charge in [0.05, 0.1) is 23.0 Å². The van der Waals surface area contributed by atoms with E-state index in [0.717, 1.165) is 42.2 Å². The zero-order chi connectivity index (χ0) is 33.5. The topological polar surface area (TPSA) is 32.3 Å². The van der Waals surface area contributed by atoms with Crippen molar-refractivity contribution in [1.29, 1.82) is 0 Å². The fourth-order valence-corrected chi connectivity index (χ4v) is 9.62. The van der Waals surface area contributed by atoms with Crippen molar-refractivity contribution >= 4 is 28.6 Å². The van der Waals surface area contributed by atoms with Crippen LogP contribution in [0.4, 0.5) is 23.0 Å². The van der Waals surface area contributed by atoms with Gasteiger partial charge in [-0.15, -0.1) is 0 Å². The second-order valence-electron chi connectivity index (χ2n) is 15.8. The highest BCUT2D eigenvalue weighted by atomic mass is 15.3. The Morgan fingerprint density at radius 2 is 1.57 bits per heavy atom. The summed E-state index contributed by atoms with van der Waals surface area (Å²) >= 11 is 0. The largest absolute Gasteiger partial charge is 0.333 e. The first-order valence-electron chi connectivity index (χ1n) is 18.3. The molecule has 0 amide bonds. The number of fused-ring (bicyclic) bond motifs is 6. The lowest BCUT2D eigenvalue weighted by Crippen LogP contribution is -2.49. The minimum absolute atomic E-state index is 0.0676. The second-order valence-corrected chi connectivity index (χ2v) is 15.8. The van der Waals surface area contributed by atoms with Gasteiger partial charge in [-0.25, -0.2) is 9.97 Å². The Kier molecular flexibility index (Phi) is 6.92. The van der Waals surface area contributed by atoms with Crippen LogP contribution in [0.25, 0.3) is 16.8 Å². The summed E-state index contributed by atoms with van der Waals surface area (Å²) in [4.78, 5) is 16.0. The maximum atomic E-state index is 5.43. The SMILES string of the molecule is CC1C=CC(c2cc(-c3ccccc3)nc(N3c4ccc(N5c6ccccc6C6(C)C=CC=CC56)cc4C4CC(C)C(C)CC43C)n2)=CC1. The van der Waals surface area contributed by atoms with Gasteiger partial charge in [-0.05, 0) is 97.9 Å². The Balaban J connectivity index is 1.22. The van der Waals surface area contributed by atoms with Crippen molar-refractivity contribution in [1.82, 2.24) is 9.97 Å². The molecule has 9 rings (SSSR count). The molecule has 0 N–H and O–H groups in total. The van der Waals surface area contributed by atoms with Gasteiger partial charge < -0.3 is 9.80 Å². The molecule has 0 bridgehead atoms. The number of rotatable bonds is 4. The maximum absolute atomic E-state index is 5.43. The van der Waals surface area contributed by atoms with Gasteiger partial charge in [0, 0.05) is 34.0 Å². The first-order chi connectivity index (χ1) is 23.7. The molecule has 0 saturated heterocycles. The third kappa shape index (κ3) is 4.63. The van der Waals surface area contributed by atoms with E-state index in [9.17, 15) is 0 Å². The number of nitrogens with zero attached hydrogens (tertiary/aromatic N) is 4. The molecule has 0 spiro atoms. The molecular weight excluding hydrogens is 597 g/mol.